The molecule has 9 heteroatoms. The lowest BCUT2D eigenvalue weighted by molar-refractivity contribution is -0.133. The smallest absolute Gasteiger partial charge is 0.251 e. The van der Waals surface area contributed by atoms with Gasteiger partial charge in [0.05, 0.1) is 17.6 Å². The van der Waals surface area contributed by atoms with Crippen LogP contribution in [-0.4, -0.2) is 51.3 Å². The summed E-state index contributed by atoms with van der Waals surface area (Å²) >= 11 is 0. The van der Waals surface area contributed by atoms with Crippen LogP contribution in [0.5, 0.6) is 0 Å². The Labute approximate surface area is 217 Å². The number of hydrogen-bond donors (Lipinski definition) is 2. The predicted octanol–water partition coefficient (Wildman–Crippen LogP) is 2.95. The monoisotopic (exact) mass is 502 g/mol. The number of amides is 1. The molecule has 1 atom stereocenters. The van der Waals surface area contributed by atoms with Gasteiger partial charge in [-0.2, -0.15) is 0 Å². The Kier molecular flexibility index (Phi) is 9.08. The Morgan fingerprint density at radius 2 is 1.81 bits per heavy atom. The van der Waals surface area contributed by atoms with Crippen LogP contribution in [0.4, 0.5) is 0 Å². The van der Waals surface area contributed by atoms with Gasteiger partial charge in [-0.25, -0.2) is 4.98 Å². The summed E-state index contributed by atoms with van der Waals surface area (Å²) in [5.41, 5.74) is 9.66. The Hall–Kier alpha value is -4.11. The van der Waals surface area contributed by atoms with Gasteiger partial charge < -0.3 is 20.5 Å². The molecule has 0 aliphatic carbocycles. The highest BCUT2D eigenvalue weighted by molar-refractivity contribution is 6.07. The lowest BCUT2D eigenvalue weighted by atomic mass is 10.1. The lowest BCUT2D eigenvalue weighted by Crippen LogP contribution is -2.38. The van der Waals surface area contributed by atoms with Gasteiger partial charge >= 0.3 is 0 Å². The number of rotatable bonds is 10. The molecule has 1 unspecified atom stereocenters. The molecule has 1 aromatic carbocycles. The number of nitrogens with zero attached hydrogens (tertiary/aromatic N) is 4. The van der Waals surface area contributed by atoms with Crippen molar-refractivity contribution >= 4 is 17.4 Å². The van der Waals surface area contributed by atoms with Gasteiger partial charge in [-0.3, -0.25) is 19.4 Å². The van der Waals surface area contributed by atoms with Crippen molar-refractivity contribution in [2.45, 2.75) is 40.3 Å². The topological polar surface area (TPSA) is 123 Å². The Morgan fingerprint density at radius 1 is 1.14 bits per heavy atom. The molecule has 2 heterocycles. The minimum Gasteiger partial charge on any atom is -0.398 e. The number of likely N-dealkylation sites (N-methyl/N-ethyl adjacent to an activating group) is 1. The molecule has 9 nitrogen and oxygen atoms in total. The first-order chi connectivity index (χ1) is 17.7. The molecule has 0 fully saturated rings. The number of ketones is 1. The van der Waals surface area contributed by atoms with Crippen molar-refractivity contribution in [3.05, 3.63) is 87.7 Å². The first-order valence-corrected chi connectivity index (χ1v) is 12.3. The molecule has 0 aliphatic heterocycles. The third kappa shape index (κ3) is 6.37. The van der Waals surface area contributed by atoms with E-state index >= 15 is 0 Å². The van der Waals surface area contributed by atoms with Crippen molar-refractivity contribution in [2.75, 3.05) is 20.1 Å². The summed E-state index contributed by atoms with van der Waals surface area (Å²) in [6.45, 7) is 9.04. The molecule has 2 aromatic heterocycles. The minimum atomic E-state index is -0.686. The van der Waals surface area contributed by atoms with Gasteiger partial charge in [-0.1, -0.05) is 24.3 Å². The fourth-order valence-corrected chi connectivity index (χ4v) is 4.01. The molecular weight excluding hydrogens is 468 g/mol. The summed E-state index contributed by atoms with van der Waals surface area (Å²) in [4.78, 5) is 49.1. The number of allylic oxidation sites excluding steroid dienone is 1. The Morgan fingerprint density at radius 3 is 2.43 bits per heavy atom. The molecule has 0 saturated heterocycles. The van der Waals surface area contributed by atoms with Crippen LogP contribution in [0.15, 0.2) is 59.7 Å². The molecule has 0 saturated carbocycles. The second kappa shape index (κ2) is 12.2. The molecule has 194 valence electrons. The number of carbonyl (C=O) groups excluding carboxylic acids is 2. The van der Waals surface area contributed by atoms with Gasteiger partial charge in [-0.05, 0) is 51.9 Å². The van der Waals surface area contributed by atoms with Crippen molar-refractivity contribution in [2.24, 2.45) is 5.73 Å². The molecule has 0 radical (unpaired) electrons. The number of benzene rings is 1. The van der Waals surface area contributed by atoms with Crippen molar-refractivity contribution in [3.63, 3.8) is 0 Å². The van der Waals surface area contributed by atoms with E-state index in [4.69, 9.17) is 5.73 Å². The van der Waals surface area contributed by atoms with Gasteiger partial charge in [0.25, 0.3) is 5.56 Å². The number of carbonyl (C=O) groups is 2. The van der Waals surface area contributed by atoms with E-state index in [2.05, 4.69) is 15.3 Å². The van der Waals surface area contributed by atoms with E-state index in [0.717, 1.165) is 17.7 Å². The molecule has 3 N–H and O–H groups in total. The summed E-state index contributed by atoms with van der Waals surface area (Å²) < 4.78 is 1.38. The Bertz CT molecular complexity index is 1360. The van der Waals surface area contributed by atoms with Crippen LogP contribution in [0.3, 0.4) is 0 Å². The van der Waals surface area contributed by atoms with Gasteiger partial charge in [0.15, 0.2) is 0 Å². The van der Waals surface area contributed by atoms with E-state index in [1.54, 1.807) is 37.2 Å². The molecular formula is C28H34N6O3. The third-order valence-corrected chi connectivity index (χ3v) is 6.23. The van der Waals surface area contributed by atoms with Gasteiger partial charge in [0.1, 0.15) is 11.7 Å². The second-order valence-electron chi connectivity index (χ2n) is 8.73. The van der Waals surface area contributed by atoms with Crippen molar-refractivity contribution in [1.29, 1.82) is 0 Å². The van der Waals surface area contributed by atoms with Gasteiger partial charge in [-0.15, -0.1) is 0 Å². The third-order valence-electron chi connectivity index (χ3n) is 6.23. The standard InChI is InChI=1S/C28H34N6O3/c1-6-33(7-2)28(37)19(4)34-17-22(12-13-26(34)36)24-16-31-18(3)27(32-24)25(35)14-23(29)21-10-8-20(9-11-21)15-30-5/h8-14,16-17,19,30H,6-7,15,29H2,1-5H3/b23-14-. The van der Waals surface area contributed by atoms with E-state index in [1.807, 2.05) is 45.2 Å². The van der Waals surface area contributed by atoms with Crippen molar-refractivity contribution in [3.8, 4) is 11.3 Å². The average molecular weight is 503 g/mol. The molecule has 0 bridgehead atoms. The number of aryl methyl sites for hydroxylation is 1. The zero-order valence-corrected chi connectivity index (χ0v) is 22.0. The highest BCUT2D eigenvalue weighted by Gasteiger charge is 2.21. The second-order valence-corrected chi connectivity index (χ2v) is 8.73. The fourth-order valence-electron chi connectivity index (χ4n) is 4.01. The quantitative estimate of drug-likeness (QED) is 0.323. The van der Waals surface area contributed by atoms with Gasteiger partial charge in [0, 0.05) is 49.2 Å². The van der Waals surface area contributed by atoms with Crippen LogP contribution in [0.25, 0.3) is 17.0 Å². The zero-order chi connectivity index (χ0) is 27.1. The molecule has 0 spiro atoms. The normalized spacial score (nSPS) is 12.3. The highest BCUT2D eigenvalue weighted by Crippen LogP contribution is 2.20. The molecule has 3 rings (SSSR count). The maximum absolute atomic E-state index is 13.1. The first-order valence-electron chi connectivity index (χ1n) is 12.3. The zero-order valence-electron chi connectivity index (χ0n) is 22.0. The minimum absolute atomic E-state index is 0.144. The number of nitrogens with one attached hydrogen (secondary N) is 1. The molecule has 37 heavy (non-hydrogen) atoms. The van der Waals surface area contributed by atoms with Crippen LogP contribution in [0, 0.1) is 6.92 Å². The van der Waals surface area contributed by atoms with E-state index in [0.29, 0.717) is 35.7 Å². The highest BCUT2D eigenvalue weighted by atomic mass is 16.2. The SMILES string of the molecule is CCN(CC)C(=O)C(C)n1cc(-c2cnc(C)c(C(=O)/C=C(\N)c3ccc(CNC)cc3)n2)ccc1=O. The maximum Gasteiger partial charge on any atom is 0.251 e. The molecule has 3 aromatic rings. The number of hydrogen-bond acceptors (Lipinski definition) is 7. The van der Waals surface area contributed by atoms with Crippen LogP contribution < -0.4 is 16.6 Å². The van der Waals surface area contributed by atoms with E-state index in [1.165, 1.54) is 16.7 Å². The number of aromatic nitrogens is 3. The van der Waals surface area contributed by atoms with Crippen LogP contribution in [-0.2, 0) is 11.3 Å². The summed E-state index contributed by atoms with van der Waals surface area (Å²) in [6, 6.07) is 9.94. The number of pyridine rings is 1. The summed E-state index contributed by atoms with van der Waals surface area (Å²) in [5, 5.41) is 3.09. The summed E-state index contributed by atoms with van der Waals surface area (Å²) in [5.74, 6) is -0.517. The summed E-state index contributed by atoms with van der Waals surface area (Å²) in [7, 11) is 1.87. The molecule has 1 amide bonds. The van der Waals surface area contributed by atoms with E-state index in [9.17, 15) is 14.4 Å². The van der Waals surface area contributed by atoms with Crippen LogP contribution >= 0.6 is 0 Å². The first kappa shape index (κ1) is 27.5. The fraction of sp³-hybridized carbons (Fsp3) is 0.321. The largest absolute Gasteiger partial charge is 0.398 e. The van der Waals surface area contributed by atoms with Crippen molar-refractivity contribution < 1.29 is 9.59 Å². The van der Waals surface area contributed by atoms with Crippen LogP contribution in [0.2, 0.25) is 0 Å². The molecule has 0 aliphatic rings. The Balaban J connectivity index is 1.92. The lowest BCUT2D eigenvalue weighted by Gasteiger charge is -2.24. The van der Waals surface area contributed by atoms with Crippen LogP contribution in [0.1, 0.15) is 54.1 Å². The average Bonchev–Trinajstić information content (AvgIpc) is 2.90. The van der Waals surface area contributed by atoms with E-state index < -0.39 is 6.04 Å². The van der Waals surface area contributed by atoms with Gasteiger partial charge in [0.2, 0.25) is 11.7 Å². The number of nitrogens with two attached hydrogens (primary N) is 1. The van der Waals surface area contributed by atoms with E-state index in [-0.39, 0.29) is 22.9 Å². The summed E-state index contributed by atoms with van der Waals surface area (Å²) in [6.07, 6.45) is 4.47. The van der Waals surface area contributed by atoms with Crippen molar-refractivity contribution in [1.82, 2.24) is 24.8 Å². The predicted molar refractivity (Wildman–Crippen MR) is 145 cm³/mol. The maximum atomic E-state index is 13.1.